The van der Waals surface area contributed by atoms with Gasteiger partial charge in [0, 0.05) is 124 Å². The van der Waals surface area contributed by atoms with E-state index in [2.05, 4.69) is 244 Å². The van der Waals surface area contributed by atoms with Crippen LogP contribution in [-0.4, -0.2) is 98.3 Å². The molecule has 1 heterocycles. The van der Waals surface area contributed by atoms with E-state index in [1.165, 1.54) is 24.2 Å². The predicted molar refractivity (Wildman–Crippen MR) is 452 cm³/mol. The Balaban J connectivity index is -0.000000338. The zero-order chi connectivity index (χ0) is 77.7. The second-order valence-electron chi connectivity index (χ2n) is 20.9. The summed E-state index contributed by atoms with van der Waals surface area (Å²) >= 11 is 64.9. The first-order valence-corrected chi connectivity index (χ1v) is 42.8. The lowest BCUT2D eigenvalue weighted by Crippen LogP contribution is -2.48. The van der Waals surface area contributed by atoms with Gasteiger partial charge in [0.05, 0.1) is 26.4 Å². The predicted octanol–water partition coefficient (Wildman–Crippen LogP) is 23.7. The Kier molecular flexibility index (Phi) is 66.7. The fourth-order valence-corrected chi connectivity index (χ4v) is 13.0. The van der Waals surface area contributed by atoms with Crippen LogP contribution < -0.4 is 5.73 Å². The molecule has 547 valence electrons. The van der Waals surface area contributed by atoms with Crippen molar-refractivity contribution < 1.29 is 51.9 Å². The van der Waals surface area contributed by atoms with Crippen LogP contribution in [0.3, 0.4) is 0 Å². The topological polar surface area (TPSA) is 186 Å². The molecule has 1 unspecified atom stereocenters. The Morgan fingerprint density at radius 2 is 0.898 bits per heavy atom. The maximum absolute atomic E-state index is 10.3. The molecule has 13 nitrogen and oxygen atoms in total. The van der Waals surface area contributed by atoms with Crippen LogP contribution >= 0.6 is 250 Å². The Labute approximate surface area is 706 Å². The molecule has 1 radical (unpaired) electrons. The van der Waals surface area contributed by atoms with Gasteiger partial charge in [0.2, 0.25) is 9.23 Å². The molecule has 33 heteroatoms. The zero-order valence-electron chi connectivity index (χ0n) is 56.1. The summed E-state index contributed by atoms with van der Waals surface area (Å²) in [4.78, 5) is 57.1. The number of alkyl halides is 3. The van der Waals surface area contributed by atoms with E-state index in [-0.39, 0.29) is 35.4 Å². The number of aryl methyl sites for hydroxylation is 1. The lowest BCUT2D eigenvalue weighted by atomic mass is 9.87. The van der Waals surface area contributed by atoms with Gasteiger partial charge in [-0.3, -0.25) is 14.5 Å². The highest BCUT2D eigenvalue weighted by Gasteiger charge is 2.32. The second kappa shape index (κ2) is 62.4. The summed E-state index contributed by atoms with van der Waals surface area (Å²) in [6.07, 6.45) is 1.49. The highest BCUT2D eigenvalue weighted by atomic mass is 127. The smallest absolute Gasteiger partial charge is 0.373 e. The minimum atomic E-state index is -1.67. The number of nitrogens with two attached hydrogens (primary N) is 1. The maximum atomic E-state index is 10.3. The number of hydrogen-bond donors (Lipinski definition) is 1. The molecule has 0 saturated carbocycles. The molecular weight excluding hydrogens is 2110 g/mol. The number of carbonyl (C=O) groups excluding carboxylic acids is 6. The third-order valence-corrected chi connectivity index (χ3v) is 17.4. The van der Waals surface area contributed by atoms with Gasteiger partial charge < -0.3 is 24.7 Å². The molecule has 0 bridgehead atoms. The lowest BCUT2D eigenvalue weighted by molar-refractivity contribution is -0.193. The lowest BCUT2D eigenvalue weighted by Gasteiger charge is -2.41. The van der Waals surface area contributed by atoms with Crippen LogP contribution in [0.2, 0.25) is 30.1 Å². The standard InChI is InChI=1S/C13H17BrClNO.C10H10BrClO2.C10H12BrCl.C9H11BrClN.C8H6BrClO2.C8H8BrCl.C4H8Br2O.CH3I.2CO2.BH3P.Cl2OS/c1-13(2,16-5-7-17-8-6-16)11-4-3-10(14)9-12(11)15;1-10(2,14-6-13)8-4-3-7(11)5-9(8)12;1-10(2,3)8-5-4-7(11)6-9(8)12;1-9(2,12)7-4-3-6(10)5-8(7)11;9-7-2-1-6(4-12-5-11)8(10)3-7;1-2-6-3-4-7(9)5-8(6)10;5-1-3-7-4-2-6;1-2;2*2-1-3;1-2;1-4(2)3/h3-4,9H,5-8H2,1-2H3;3-6H,1-2H3;4-6H,1-3H3;3-5H,12H2,1-2H3;1-3,5H,4H2;3-5H,2H2,1H3;1-4H2;1H3;;;1H,2H2;/i;;;;;;;;;;1D;. The fourth-order valence-electron chi connectivity index (χ4n) is 7.33. The van der Waals surface area contributed by atoms with Gasteiger partial charge in [0.15, 0.2) is 0 Å². The highest BCUT2D eigenvalue weighted by molar-refractivity contribution is 14.1. The van der Waals surface area contributed by atoms with Gasteiger partial charge in [-0.25, -0.2) is 4.21 Å². The van der Waals surface area contributed by atoms with Gasteiger partial charge in [-0.15, -0.1) is 0 Å². The number of benzene rings is 6. The van der Waals surface area contributed by atoms with Crippen LogP contribution in [0.5, 0.6) is 0 Å². The Hall–Kier alpha value is 0.395. The van der Waals surface area contributed by atoms with E-state index in [9.17, 15) is 9.59 Å². The van der Waals surface area contributed by atoms with Crippen molar-refractivity contribution in [3.8, 4) is 0 Å². The van der Waals surface area contributed by atoms with Crippen molar-refractivity contribution in [2.24, 2.45) is 5.73 Å². The third kappa shape index (κ3) is 51.6. The second-order valence-corrected chi connectivity index (χ2v) is 33.0. The summed E-state index contributed by atoms with van der Waals surface area (Å²) in [5.74, 6) is 0. The summed E-state index contributed by atoms with van der Waals surface area (Å²) < 4.78 is 40.9. The normalized spacial score (nSPS) is 11.2. The number of morpholine rings is 1. The van der Waals surface area contributed by atoms with E-state index in [1.54, 1.807) is 32.0 Å². The number of rotatable bonds is 14. The molecule has 1 aliphatic rings. The van der Waals surface area contributed by atoms with Crippen molar-refractivity contribution >= 4 is 292 Å². The third-order valence-electron chi connectivity index (χ3n) is 11.8. The van der Waals surface area contributed by atoms with Crippen molar-refractivity contribution in [2.45, 2.75) is 104 Å². The molecule has 7 rings (SSSR count). The van der Waals surface area contributed by atoms with Gasteiger partial charge in [-0.2, -0.15) is 28.3 Å². The van der Waals surface area contributed by atoms with Crippen LogP contribution in [0.1, 0.15) is 103 Å². The minimum Gasteiger partial charge on any atom is -0.463 e. The average molecular weight is 2190 g/mol. The summed E-state index contributed by atoms with van der Waals surface area (Å²) in [7, 11) is 10.6. The number of hydrogen-bond acceptors (Lipinski definition) is 13. The van der Waals surface area contributed by atoms with Crippen molar-refractivity contribution in [3.63, 3.8) is 0 Å². The average Bonchev–Trinajstić information content (AvgIpc) is 0.810. The molecule has 98 heavy (non-hydrogen) atoms. The van der Waals surface area contributed by atoms with Gasteiger partial charge in [-0.05, 0) is 155 Å². The van der Waals surface area contributed by atoms with Crippen LogP contribution in [0.15, 0.2) is 136 Å². The molecule has 1 saturated heterocycles. The first-order valence-electron chi connectivity index (χ1n) is 28.5. The molecule has 1 fully saturated rings. The number of halogens is 17. The largest absolute Gasteiger partial charge is 0.463 e. The molecule has 0 aromatic heterocycles. The van der Waals surface area contributed by atoms with Crippen LogP contribution in [-0.2, 0) is 92.1 Å². The summed E-state index contributed by atoms with van der Waals surface area (Å²) in [5, 5.41) is 6.22. The molecule has 1 atom stereocenters. The number of carbonyl (C=O) groups is 2. The molecular formula is C65H78BBr8Cl8IN2O11PS. The van der Waals surface area contributed by atoms with E-state index in [0.29, 0.717) is 28.0 Å². The van der Waals surface area contributed by atoms with Crippen molar-refractivity contribution in [2.75, 3.05) is 55.1 Å². The number of nitrogens with zero attached hydrogens (tertiary/aromatic N) is 1. The van der Waals surface area contributed by atoms with Gasteiger partial charge in [0.1, 0.15) is 19.7 Å². The quantitative estimate of drug-likeness (QED) is 0.0207. The SMILES string of the molecule is BrCCOCCBr.CC(C)(C)c1ccc(Br)cc1Cl.CC(C)(N)c1ccc(Br)cc1Cl.CC(C)(OC=O)c1ccc(Br)cc1Cl.CC(C)(c1ccc(Br)cc1Cl)N1CCOCC1.CCc1ccc(Br)cc1Cl.CI.O=C=O.O=C=O.O=COCc1ccc(Br)cc1Cl.O=S(Cl)Cl.[2H][B]P. The molecule has 6 aromatic carbocycles. The van der Waals surface area contributed by atoms with Gasteiger partial charge in [0.25, 0.3) is 12.9 Å². The van der Waals surface area contributed by atoms with E-state index in [1.807, 2.05) is 97.6 Å². The molecule has 6 aromatic rings. The van der Waals surface area contributed by atoms with E-state index < -0.39 is 14.8 Å². The van der Waals surface area contributed by atoms with Crippen LogP contribution in [0.25, 0.3) is 0 Å². The molecule has 0 amide bonds. The van der Waals surface area contributed by atoms with Gasteiger partial charge >= 0.3 is 12.3 Å². The fraction of sp³-hybridized carbons (Fsp3) is 0.385. The summed E-state index contributed by atoms with van der Waals surface area (Å²) in [6, 6.07) is 34.7. The Morgan fingerprint density at radius 1 is 0.592 bits per heavy atom. The van der Waals surface area contributed by atoms with Gasteiger partial charge in [-0.1, -0.05) is 284 Å². The highest BCUT2D eigenvalue weighted by Crippen LogP contribution is 2.36. The van der Waals surface area contributed by atoms with Crippen molar-refractivity contribution in [1.82, 2.24) is 4.90 Å². The number of ether oxygens (including phenoxy) is 4. The van der Waals surface area contributed by atoms with Crippen LogP contribution in [0, 0.1) is 0 Å². The maximum Gasteiger partial charge on any atom is 0.373 e. The Morgan fingerprint density at radius 3 is 1.18 bits per heavy atom. The van der Waals surface area contributed by atoms with E-state index in [4.69, 9.17) is 114 Å². The minimum absolute atomic E-state index is 0.0540. The van der Waals surface area contributed by atoms with Crippen molar-refractivity contribution in [3.05, 3.63) is 200 Å². The monoisotopic (exact) mass is 2180 g/mol. The molecule has 0 aliphatic carbocycles. The molecule has 2 N–H and O–H groups in total. The summed E-state index contributed by atoms with van der Waals surface area (Å²) in [5.41, 5.74) is 11.0. The zero-order valence-corrected chi connectivity index (χ0v) is 78.0. The molecule has 0 spiro atoms. The van der Waals surface area contributed by atoms with E-state index >= 15 is 0 Å². The van der Waals surface area contributed by atoms with Crippen LogP contribution in [0.4, 0.5) is 0 Å². The Bertz CT molecular complexity index is 3250. The first kappa shape index (κ1) is 105. The molecule has 1 aliphatic heterocycles. The first-order chi connectivity index (χ1) is 46.2. The van der Waals surface area contributed by atoms with E-state index in [0.717, 1.165) is 115 Å². The van der Waals surface area contributed by atoms with Crippen molar-refractivity contribution in [1.29, 1.82) is 1.34 Å². The summed E-state index contributed by atoms with van der Waals surface area (Å²) in [6.45, 7) is 26.6.